The first-order chi connectivity index (χ1) is 12.7. The molecule has 0 aromatic carbocycles. The van der Waals surface area contributed by atoms with Gasteiger partial charge in [0.15, 0.2) is 0 Å². The zero-order chi connectivity index (χ0) is 19.8. The number of hydrogen-bond acceptors (Lipinski definition) is 10. The average molecular weight is 420 g/mol. The molecule has 0 amide bonds. The van der Waals surface area contributed by atoms with Gasteiger partial charge >= 0.3 is 19.4 Å². The third kappa shape index (κ3) is 4.53. The smallest absolute Gasteiger partial charge is 0.406 e. The lowest BCUT2D eigenvalue weighted by atomic mass is 10.1. The molecule has 2 aliphatic rings. The summed E-state index contributed by atoms with van der Waals surface area (Å²) in [6.45, 7) is 2.98. The van der Waals surface area contributed by atoms with Crippen LogP contribution in [0.1, 0.15) is 19.2 Å². The van der Waals surface area contributed by atoms with Gasteiger partial charge in [0.2, 0.25) is 0 Å². The summed E-state index contributed by atoms with van der Waals surface area (Å²) in [6.07, 6.45) is -0.466. The van der Waals surface area contributed by atoms with Crippen LogP contribution in [0, 0.1) is 0 Å². The van der Waals surface area contributed by atoms with Crippen LogP contribution in [0.4, 0.5) is 5.82 Å². The number of hydrogen-bond donors (Lipinski definition) is 3. The van der Waals surface area contributed by atoms with Crippen molar-refractivity contribution in [2.24, 2.45) is 0 Å². The molecule has 0 aliphatic carbocycles. The van der Waals surface area contributed by atoms with Gasteiger partial charge in [0.25, 0.3) is 0 Å². The van der Waals surface area contributed by atoms with Crippen LogP contribution >= 0.6 is 19.5 Å². The monoisotopic (exact) mass is 420 g/mol. The highest BCUT2D eigenvalue weighted by Crippen LogP contribution is 2.56. The minimum absolute atomic E-state index is 0.00737. The van der Waals surface area contributed by atoms with E-state index in [1.165, 1.54) is 35.5 Å². The van der Waals surface area contributed by atoms with E-state index in [1.807, 2.05) is 0 Å². The van der Waals surface area contributed by atoms with E-state index in [2.05, 4.69) is 10.1 Å². The summed E-state index contributed by atoms with van der Waals surface area (Å²) < 4.78 is 29.8. The molecule has 150 valence electrons. The number of aliphatic hydroxyl groups excluding tert-OH is 1. The molecule has 4 N–H and O–H groups in total. The van der Waals surface area contributed by atoms with E-state index in [0.29, 0.717) is 0 Å². The number of fused-ring (bicyclic) bond motifs is 1. The highest BCUT2D eigenvalue weighted by atomic mass is 32.2. The van der Waals surface area contributed by atoms with Crippen molar-refractivity contribution in [1.82, 2.24) is 14.6 Å². The summed E-state index contributed by atoms with van der Waals surface area (Å²) in [6, 6.07) is 0.971. The van der Waals surface area contributed by atoms with E-state index in [-0.39, 0.29) is 24.3 Å². The Bertz CT molecular complexity index is 821. The number of carbonyl (C=O) groups is 1. The second kappa shape index (κ2) is 7.90. The van der Waals surface area contributed by atoms with Crippen molar-refractivity contribution in [3.8, 4) is 0 Å². The molecule has 2 unspecified atom stereocenters. The van der Waals surface area contributed by atoms with Gasteiger partial charge in [0.1, 0.15) is 30.0 Å². The Labute approximate surface area is 159 Å². The van der Waals surface area contributed by atoms with Crippen molar-refractivity contribution in [3.05, 3.63) is 22.7 Å². The molecule has 3 rings (SSSR count). The first-order valence-electron chi connectivity index (χ1n) is 8.21. The normalized spacial score (nSPS) is 34.0. The van der Waals surface area contributed by atoms with E-state index in [9.17, 15) is 19.3 Å². The molecule has 2 saturated heterocycles. The second-order valence-electron chi connectivity index (χ2n) is 6.29. The maximum atomic E-state index is 12.8. The molecule has 1 aromatic heterocycles. The minimum Gasteiger partial charge on any atom is -0.464 e. The lowest BCUT2D eigenvalue weighted by Gasteiger charge is -2.33. The van der Waals surface area contributed by atoms with E-state index in [1.54, 1.807) is 6.92 Å². The van der Waals surface area contributed by atoms with Crippen LogP contribution in [-0.4, -0.2) is 57.3 Å². The van der Waals surface area contributed by atoms with Crippen LogP contribution in [0.5, 0.6) is 0 Å². The number of aliphatic hydroxyl groups is 1. The van der Waals surface area contributed by atoms with Crippen LogP contribution in [0.3, 0.4) is 0 Å². The van der Waals surface area contributed by atoms with E-state index >= 15 is 0 Å². The zero-order valence-electron chi connectivity index (χ0n) is 14.7. The fraction of sp³-hybridized carbons (Fsp3) is 0.643. The summed E-state index contributed by atoms with van der Waals surface area (Å²) in [4.78, 5) is 26.6. The van der Waals surface area contributed by atoms with Crippen molar-refractivity contribution in [1.29, 1.82) is 0 Å². The number of nitrogens with two attached hydrogens (primary N) is 1. The van der Waals surface area contributed by atoms with Gasteiger partial charge in [-0.15, -0.1) is 11.8 Å². The molecular weight excluding hydrogens is 399 g/mol. The molecule has 0 saturated carbocycles. The van der Waals surface area contributed by atoms with Crippen molar-refractivity contribution >= 4 is 31.3 Å². The number of nitrogens with zero attached hydrogens (tertiary/aromatic N) is 2. The number of carbonyl (C=O) groups excluding carboxylic acids is 1. The predicted molar refractivity (Wildman–Crippen MR) is 97.0 cm³/mol. The Balaban J connectivity index is 1.69. The second-order valence-corrected chi connectivity index (χ2v) is 9.38. The highest BCUT2D eigenvalue weighted by Gasteiger charge is 2.52. The Morgan fingerprint density at radius 3 is 3.07 bits per heavy atom. The fourth-order valence-electron chi connectivity index (χ4n) is 2.81. The van der Waals surface area contributed by atoms with Gasteiger partial charge in [0, 0.05) is 19.2 Å². The molecule has 2 aliphatic heterocycles. The number of thioether (sulfide) groups is 1. The molecule has 0 radical (unpaired) electrons. The number of nitrogens with one attached hydrogen (secondary N) is 1. The van der Waals surface area contributed by atoms with Crippen molar-refractivity contribution < 1.29 is 28.3 Å². The highest BCUT2D eigenvalue weighted by molar-refractivity contribution is 8.00. The molecule has 3 heterocycles. The molecule has 0 bridgehead atoms. The van der Waals surface area contributed by atoms with Crippen LogP contribution in [0.15, 0.2) is 17.1 Å². The van der Waals surface area contributed by atoms with Crippen molar-refractivity contribution in [3.63, 3.8) is 0 Å². The van der Waals surface area contributed by atoms with Crippen molar-refractivity contribution in [2.45, 2.75) is 42.7 Å². The van der Waals surface area contributed by atoms with Crippen LogP contribution in [-0.2, 0) is 23.1 Å². The quantitative estimate of drug-likeness (QED) is 0.431. The molecular formula is C14H21N4O7PS. The largest absolute Gasteiger partial charge is 0.464 e. The fourth-order valence-corrected chi connectivity index (χ4v) is 6.24. The predicted octanol–water partition coefficient (Wildman–Crippen LogP) is -0.135. The number of rotatable bonds is 5. The molecule has 6 atom stereocenters. The SMILES string of the molecule is CC(=O)OCC(C)NP1(=O)OC[C@H]2S[C@@H](n3ccc(N)nc3=O)[C@@H](O)[C@@H]2O1. The molecule has 11 nitrogen and oxygen atoms in total. The zero-order valence-corrected chi connectivity index (χ0v) is 16.4. The lowest BCUT2D eigenvalue weighted by Crippen LogP contribution is -2.43. The van der Waals surface area contributed by atoms with Gasteiger partial charge in [-0.25, -0.2) is 14.4 Å². The van der Waals surface area contributed by atoms with E-state index in [4.69, 9.17) is 19.5 Å². The van der Waals surface area contributed by atoms with Gasteiger partial charge in [-0.1, -0.05) is 0 Å². The minimum atomic E-state index is -3.71. The number of esters is 1. The summed E-state index contributed by atoms with van der Waals surface area (Å²) in [7, 11) is -3.71. The average Bonchev–Trinajstić information content (AvgIpc) is 2.89. The molecule has 2 fully saturated rings. The van der Waals surface area contributed by atoms with Gasteiger partial charge in [0.05, 0.1) is 11.9 Å². The third-order valence-electron chi connectivity index (χ3n) is 4.02. The van der Waals surface area contributed by atoms with E-state index < -0.39 is 43.0 Å². The number of ether oxygens (including phenoxy) is 1. The molecule has 13 heteroatoms. The molecule has 27 heavy (non-hydrogen) atoms. The molecule has 1 aromatic rings. The van der Waals surface area contributed by atoms with Gasteiger partial charge in [-0.2, -0.15) is 4.98 Å². The standard InChI is InChI=1S/C14H21N4O7PS/c1-7(5-23-8(2)19)17-26(22)24-6-9-12(25-26)11(20)13(27-9)18-4-3-10(15)16-14(18)21/h3-4,7,9,11-13,20H,5-6H2,1-2H3,(H,17,22)(H2,15,16,21)/t7?,9-,11+,12-,13-,26?/m1/s1. The van der Waals surface area contributed by atoms with E-state index in [0.717, 1.165) is 0 Å². The Hall–Kier alpha value is -1.43. The van der Waals surface area contributed by atoms with Gasteiger partial charge in [-0.05, 0) is 13.0 Å². The van der Waals surface area contributed by atoms with Crippen LogP contribution in [0.2, 0.25) is 0 Å². The molecule has 0 spiro atoms. The Morgan fingerprint density at radius 2 is 2.41 bits per heavy atom. The number of aromatic nitrogens is 2. The van der Waals surface area contributed by atoms with Crippen LogP contribution in [0.25, 0.3) is 0 Å². The third-order valence-corrected chi connectivity index (χ3v) is 7.33. The van der Waals surface area contributed by atoms with Crippen molar-refractivity contribution in [2.75, 3.05) is 18.9 Å². The summed E-state index contributed by atoms with van der Waals surface area (Å²) in [5, 5.41) is 12.3. The number of nitrogen functional groups attached to an aromatic ring is 1. The van der Waals surface area contributed by atoms with Crippen LogP contribution < -0.4 is 16.5 Å². The van der Waals surface area contributed by atoms with Gasteiger partial charge < -0.3 is 15.6 Å². The lowest BCUT2D eigenvalue weighted by molar-refractivity contribution is -0.141. The van der Waals surface area contributed by atoms with Gasteiger partial charge in [-0.3, -0.25) is 18.4 Å². The topological polar surface area (TPSA) is 155 Å². The Morgan fingerprint density at radius 1 is 1.67 bits per heavy atom. The summed E-state index contributed by atoms with van der Waals surface area (Å²) in [5.41, 5.74) is 4.89. The Kier molecular flexibility index (Phi) is 5.94. The first kappa shape index (κ1) is 20.3. The number of anilines is 1. The first-order valence-corrected chi connectivity index (χ1v) is 10.7. The maximum absolute atomic E-state index is 12.8. The maximum Gasteiger partial charge on any atom is 0.406 e. The summed E-state index contributed by atoms with van der Waals surface area (Å²) >= 11 is 1.27. The summed E-state index contributed by atoms with van der Waals surface area (Å²) in [5.74, 6) is -0.373.